The molecule has 0 unspecified atom stereocenters. The van der Waals surface area contributed by atoms with Gasteiger partial charge in [-0.15, -0.1) is 0 Å². The average Bonchev–Trinajstić information content (AvgIpc) is 2.84. The molecule has 33 heavy (non-hydrogen) atoms. The smallest absolute Gasteiger partial charge is 0.281 e. The number of hydrogen-bond donors (Lipinski definition) is 2. The second-order valence-electron chi connectivity index (χ2n) is 7.05. The topological polar surface area (TPSA) is 93.1 Å². The molecular weight excluding hydrogens is 443 g/mol. The van der Waals surface area contributed by atoms with Gasteiger partial charge in [0.2, 0.25) is 5.91 Å². The van der Waals surface area contributed by atoms with Crippen LogP contribution in [0.15, 0.2) is 88.8 Å². The normalized spacial score (nSPS) is 10.7. The Kier molecular flexibility index (Phi) is 6.80. The van der Waals surface area contributed by atoms with Crippen molar-refractivity contribution in [3.63, 3.8) is 0 Å². The van der Waals surface area contributed by atoms with E-state index in [9.17, 15) is 18.8 Å². The molecule has 0 fully saturated rings. The third kappa shape index (κ3) is 5.45. The number of fused-ring (bicyclic) bond motifs is 1. The highest BCUT2D eigenvalue weighted by atomic mass is 32.2. The first-order valence-electron chi connectivity index (χ1n) is 10.0. The van der Waals surface area contributed by atoms with Crippen LogP contribution in [-0.2, 0) is 11.3 Å². The molecule has 0 aliphatic heterocycles. The van der Waals surface area contributed by atoms with Crippen molar-refractivity contribution in [2.24, 2.45) is 0 Å². The van der Waals surface area contributed by atoms with E-state index in [2.05, 4.69) is 15.7 Å². The zero-order valence-corrected chi connectivity index (χ0v) is 18.1. The van der Waals surface area contributed by atoms with Crippen molar-refractivity contribution >= 4 is 34.5 Å². The molecule has 1 heterocycles. The van der Waals surface area contributed by atoms with E-state index < -0.39 is 17.3 Å². The SMILES string of the molecule is O=C(CSc1nc2ccccc2c(=O)n1NC(=O)c1ccc(F)cc1)NCc1ccccc1. The Morgan fingerprint density at radius 2 is 1.64 bits per heavy atom. The molecule has 1 aromatic heterocycles. The summed E-state index contributed by atoms with van der Waals surface area (Å²) in [4.78, 5) is 42.5. The molecule has 2 N–H and O–H groups in total. The molecule has 0 bridgehead atoms. The van der Waals surface area contributed by atoms with Crippen molar-refractivity contribution in [1.29, 1.82) is 0 Å². The molecule has 9 heteroatoms. The average molecular weight is 463 g/mol. The van der Waals surface area contributed by atoms with E-state index in [0.29, 0.717) is 17.4 Å². The fraction of sp³-hybridized carbons (Fsp3) is 0.0833. The van der Waals surface area contributed by atoms with Crippen LogP contribution in [0.2, 0.25) is 0 Å². The highest BCUT2D eigenvalue weighted by Gasteiger charge is 2.16. The summed E-state index contributed by atoms with van der Waals surface area (Å²) in [5, 5.41) is 3.29. The van der Waals surface area contributed by atoms with E-state index in [1.165, 1.54) is 12.1 Å². The Labute approximate surface area is 192 Å². The van der Waals surface area contributed by atoms with Gasteiger partial charge in [0, 0.05) is 12.1 Å². The summed E-state index contributed by atoms with van der Waals surface area (Å²) < 4.78 is 14.2. The summed E-state index contributed by atoms with van der Waals surface area (Å²) >= 11 is 1.02. The van der Waals surface area contributed by atoms with Gasteiger partial charge in [0.1, 0.15) is 5.82 Å². The van der Waals surface area contributed by atoms with E-state index >= 15 is 0 Å². The van der Waals surface area contributed by atoms with Crippen LogP contribution in [0.3, 0.4) is 0 Å². The summed E-state index contributed by atoms with van der Waals surface area (Å²) in [6.45, 7) is 0.374. The van der Waals surface area contributed by atoms with Crippen molar-refractivity contribution < 1.29 is 14.0 Å². The first-order valence-corrected chi connectivity index (χ1v) is 11.0. The van der Waals surface area contributed by atoms with Gasteiger partial charge in [-0.05, 0) is 42.0 Å². The van der Waals surface area contributed by atoms with Crippen molar-refractivity contribution in [2.75, 3.05) is 11.2 Å². The maximum atomic E-state index is 13.2. The number of carbonyl (C=O) groups excluding carboxylic acids is 2. The fourth-order valence-electron chi connectivity index (χ4n) is 3.05. The number of rotatable bonds is 7. The van der Waals surface area contributed by atoms with E-state index in [-0.39, 0.29) is 22.4 Å². The third-order valence-electron chi connectivity index (χ3n) is 4.73. The largest absolute Gasteiger partial charge is 0.351 e. The van der Waals surface area contributed by atoms with E-state index in [1.807, 2.05) is 30.3 Å². The van der Waals surface area contributed by atoms with Gasteiger partial charge >= 0.3 is 0 Å². The zero-order chi connectivity index (χ0) is 23.2. The predicted octanol–water partition coefficient (Wildman–Crippen LogP) is 3.33. The van der Waals surface area contributed by atoms with Crippen LogP contribution in [0.4, 0.5) is 4.39 Å². The highest BCUT2D eigenvalue weighted by Crippen LogP contribution is 2.17. The van der Waals surface area contributed by atoms with Crippen LogP contribution in [0.5, 0.6) is 0 Å². The number of benzene rings is 3. The van der Waals surface area contributed by atoms with Crippen molar-refractivity contribution in [1.82, 2.24) is 15.0 Å². The molecule has 166 valence electrons. The monoisotopic (exact) mass is 462 g/mol. The van der Waals surface area contributed by atoms with Gasteiger partial charge < -0.3 is 5.32 Å². The van der Waals surface area contributed by atoms with Crippen LogP contribution in [0.25, 0.3) is 10.9 Å². The van der Waals surface area contributed by atoms with Gasteiger partial charge in [0.25, 0.3) is 11.5 Å². The van der Waals surface area contributed by atoms with Crippen molar-refractivity contribution in [3.05, 3.63) is 106 Å². The lowest BCUT2D eigenvalue weighted by atomic mass is 10.2. The number of thioether (sulfide) groups is 1. The van der Waals surface area contributed by atoms with Gasteiger partial charge in [-0.2, -0.15) is 4.68 Å². The van der Waals surface area contributed by atoms with Crippen LogP contribution in [-0.4, -0.2) is 27.2 Å². The molecule has 0 radical (unpaired) electrons. The molecule has 4 rings (SSSR count). The minimum absolute atomic E-state index is 0.00989. The standard InChI is InChI=1S/C24H19FN4O3S/c25-18-12-10-17(11-13-18)22(31)28-29-23(32)19-8-4-5-9-20(19)27-24(29)33-15-21(30)26-14-16-6-2-1-3-7-16/h1-13H,14-15H2,(H,26,30)(H,28,31). The lowest BCUT2D eigenvalue weighted by Crippen LogP contribution is -2.35. The summed E-state index contributed by atoms with van der Waals surface area (Å²) in [5.74, 6) is -1.34. The summed E-state index contributed by atoms with van der Waals surface area (Å²) in [6, 6.07) is 21.1. The predicted molar refractivity (Wildman–Crippen MR) is 125 cm³/mol. The Balaban J connectivity index is 1.55. The summed E-state index contributed by atoms with van der Waals surface area (Å²) in [6.07, 6.45) is 0. The number of nitrogens with zero attached hydrogens (tertiary/aromatic N) is 2. The molecule has 0 spiro atoms. The van der Waals surface area contributed by atoms with Crippen LogP contribution in [0, 0.1) is 5.82 Å². The molecule has 2 amide bonds. The van der Waals surface area contributed by atoms with E-state index in [1.54, 1.807) is 24.3 Å². The van der Waals surface area contributed by atoms with Crippen LogP contribution in [0.1, 0.15) is 15.9 Å². The second-order valence-corrected chi connectivity index (χ2v) is 7.99. The number of nitrogens with one attached hydrogen (secondary N) is 2. The quantitative estimate of drug-likeness (QED) is 0.325. The molecule has 7 nitrogen and oxygen atoms in total. The molecular formula is C24H19FN4O3S. The Morgan fingerprint density at radius 1 is 0.939 bits per heavy atom. The number of hydrogen-bond acceptors (Lipinski definition) is 5. The minimum atomic E-state index is -0.607. The van der Waals surface area contributed by atoms with E-state index in [4.69, 9.17) is 0 Å². The number of carbonyl (C=O) groups is 2. The maximum Gasteiger partial charge on any atom is 0.281 e. The number of para-hydroxylation sites is 1. The molecule has 0 aliphatic carbocycles. The molecule has 0 saturated heterocycles. The summed E-state index contributed by atoms with van der Waals surface area (Å²) in [5.41, 5.74) is 3.61. The van der Waals surface area contributed by atoms with Gasteiger partial charge in [-0.1, -0.05) is 54.2 Å². The van der Waals surface area contributed by atoms with E-state index in [0.717, 1.165) is 34.1 Å². The maximum absolute atomic E-state index is 13.2. The second kappa shape index (κ2) is 10.1. The molecule has 0 atom stereocenters. The first kappa shape index (κ1) is 22.2. The zero-order valence-electron chi connectivity index (χ0n) is 17.3. The lowest BCUT2D eigenvalue weighted by molar-refractivity contribution is -0.118. The van der Waals surface area contributed by atoms with Gasteiger partial charge in [-0.3, -0.25) is 19.8 Å². The fourth-order valence-corrected chi connectivity index (χ4v) is 3.84. The first-order chi connectivity index (χ1) is 16.0. The minimum Gasteiger partial charge on any atom is -0.351 e. The Bertz CT molecular complexity index is 1360. The van der Waals surface area contributed by atoms with Crippen molar-refractivity contribution in [2.45, 2.75) is 11.7 Å². The van der Waals surface area contributed by atoms with Gasteiger partial charge in [-0.25, -0.2) is 9.37 Å². The summed E-state index contributed by atoms with van der Waals surface area (Å²) in [7, 11) is 0. The molecule has 0 saturated carbocycles. The highest BCUT2D eigenvalue weighted by molar-refractivity contribution is 7.99. The Morgan fingerprint density at radius 3 is 2.39 bits per heavy atom. The number of amides is 2. The Hall–Kier alpha value is -3.98. The number of aromatic nitrogens is 2. The molecule has 3 aromatic carbocycles. The van der Waals surface area contributed by atoms with Gasteiger partial charge in [0.05, 0.1) is 16.7 Å². The third-order valence-corrected chi connectivity index (χ3v) is 5.67. The molecule has 0 aliphatic rings. The van der Waals surface area contributed by atoms with Crippen molar-refractivity contribution in [3.8, 4) is 0 Å². The van der Waals surface area contributed by atoms with Crippen LogP contribution >= 0.6 is 11.8 Å². The van der Waals surface area contributed by atoms with Gasteiger partial charge in [0.15, 0.2) is 5.16 Å². The molecule has 4 aromatic rings. The number of halogens is 1. The van der Waals surface area contributed by atoms with Crippen LogP contribution < -0.4 is 16.3 Å². The lowest BCUT2D eigenvalue weighted by Gasteiger charge is -2.14.